The molecule has 0 bridgehead atoms. The first kappa shape index (κ1) is 18.6. The Morgan fingerprint density at radius 2 is 1.83 bits per heavy atom. The average Bonchev–Trinajstić information content (AvgIpc) is 2.56. The van der Waals surface area contributed by atoms with Gasteiger partial charge in [0.1, 0.15) is 5.75 Å². The van der Waals surface area contributed by atoms with Crippen molar-refractivity contribution in [2.75, 3.05) is 13.7 Å². The normalized spacial score (nSPS) is 11.2. The molecule has 0 aliphatic rings. The van der Waals surface area contributed by atoms with Crippen LogP contribution in [0.5, 0.6) is 5.75 Å². The molecule has 24 heavy (non-hydrogen) atoms. The van der Waals surface area contributed by atoms with Crippen LogP contribution in [-0.4, -0.2) is 25.9 Å². The van der Waals surface area contributed by atoms with Gasteiger partial charge in [0.15, 0.2) is 7.14 Å². The third-order valence-electron chi connectivity index (χ3n) is 3.03. The Kier molecular flexibility index (Phi) is 6.47. The smallest absolute Gasteiger partial charge is 0.490 e. The molecule has 0 spiro atoms. The minimum absolute atomic E-state index is 0.209. The number of halogens is 4. The van der Waals surface area contributed by atoms with Crippen LogP contribution < -0.4 is 25.9 Å². The number of hydrogen-bond donors (Lipinski definition) is 0. The highest BCUT2D eigenvalue weighted by Crippen LogP contribution is 2.17. The lowest BCUT2D eigenvalue weighted by Gasteiger charge is -2.08. The highest BCUT2D eigenvalue weighted by Gasteiger charge is 2.40. The van der Waals surface area contributed by atoms with E-state index in [0.29, 0.717) is 5.75 Å². The van der Waals surface area contributed by atoms with E-state index in [4.69, 9.17) is 4.74 Å². The molecule has 0 radical (unpaired) electrons. The summed E-state index contributed by atoms with van der Waals surface area (Å²) in [6, 6.07) is 15.4. The summed E-state index contributed by atoms with van der Waals surface area (Å²) in [5, 5.41) is 0. The summed E-state index contributed by atoms with van der Waals surface area (Å²) in [7, 11) is 1.52. The molecule has 0 atom stereocenters. The Labute approximate surface area is 148 Å². The maximum atomic E-state index is 12.2. The standard InChI is InChI=1S/C17H15F3IO3/c1-23-14-7-8-15(21-13-5-3-2-4-6-13)12(11-14)9-10-24-16(22)17(18,19)20/h2-8,11H,9-10H2,1H3/q+1. The van der Waals surface area contributed by atoms with Gasteiger partial charge in [0.05, 0.1) is 13.7 Å². The number of alkyl halides is 3. The summed E-state index contributed by atoms with van der Waals surface area (Å²) >= 11 is -0.486. The molecule has 0 amide bonds. The lowest BCUT2D eigenvalue weighted by Crippen LogP contribution is -3.61. The largest absolute Gasteiger partial charge is 0.497 e. The van der Waals surface area contributed by atoms with Gasteiger partial charge in [-0.25, -0.2) is 4.79 Å². The van der Waals surface area contributed by atoms with Crippen molar-refractivity contribution in [3.63, 3.8) is 0 Å². The predicted octanol–water partition coefficient (Wildman–Crippen LogP) is 0.472. The summed E-state index contributed by atoms with van der Waals surface area (Å²) in [5.41, 5.74) is 0.834. The van der Waals surface area contributed by atoms with Crippen LogP contribution in [0.3, 0.4) is 0 Å². The molecule has 0 unspecified atom stereocenters. The lowest BCUT2D eigenvalue weighted by molar-refractivity contribution is -0.598. The highest BCUT2D eigenvalue weighted by molar-refractivity contribution is 5.75. The maximum Gasteiger partial charge on any atom is 0.490 e. The molecule has 7 heteroatoms. The SMILES string of the molecule is COc1ccc([I+]c2ccccc2)c(CCOC(=O)C(F)(F)F)c1. The number of methoxy groups -OCH3 is 1. The van der Waals surface area contributed by atoms with Gasteiger partial charge in [-0.3, -0.25) is 0 Å². The third kappa shape index (κ3) is 5.40. The van der Waals surface area contributed by atoms with E-state index in [0.717, 1.165) is 9.13 Å². The van der Waals surface area contributed by atoms with Crippen molar-refractivity contribution in [2.45, 2.75) is 12.6 Å². The van der Waals surface area contributed by atoms with Crippen molar-refractivity contribution in [2.24, 2.45) is 0 Å². The Bertz CT molecular complexity index is 687. The van der Waals surface area contributed by atoms with E-state index < -0.39 is 33.4 Å². The van der Waals surface area contributed by atoms with E-state index in [-0.39, 0.29) is 13.0 Å². The topological polar surface area (TPSA) is 35.5 Å². The van der Waals surface area contributed by atoms with Gasteiger partial charge in [-0.05, 0) is 30.3 Å². The molecule has 0 fully saturated rings. The first-order valence-corrected chi connectivity index (χ1v) is 9.16. The molecule has 0 saturated heterocycles. The van der Waals surface area contributed by atoms with E-state index in [2.05, 4.69) is 4.74 Å². The van der Waals surface area contributed by atoms with Crippen molar-refractivity contribution in [3.8, 4) is 5.75 Å². The van der Waals surface area contributed by atoms with Gasteiger partial charge in [0.2, 0.25) is 0 Å². The molecule has 3 nitrogen and oxygen atoms in total. The Morgan fingerprint density at radius 1 is 1.12 bits per heavy atom. The van der Waals surface area contributed by atoms with Gasteiger partial charge in [0, 0.05) is 12.0 Å². The summed E-state index contributed by atoms with van der Waals surface area (Å²) < 4.78 is 48.2. The van der Waals surface area contributed by atoms with E-state index in [9.17, 15) is 18.0 Å². The van der Waals surface area contributed by atoms with Gasteiger partial charge >= 0.3 is 33.4 Å². The number of benzene rings is 2. The molecule has 0 aliphatic carbocycles. The number of ether oxygens (including phenoxy) is 2. The lowest BCUT2D eigenvalue weighted by atomic mass is 10.1. The van der Waals surface area contributed by atoms with Crippen molar-refractivity contribution in [3.05, 3.63) is 61.2 Å². The minimum atomic E-state index is -4.96. The minimum Gasteiger partial charge on any atom is -0.497 e. The molecule has 0 aromatic heterocycles. The van der Waals surface area contributed by atoms with E-state index >= 15 is 0 Å². The summed E-state index contributed by atoms with van der Waals surface area (Å²) in [6.45, 7) is -0.322. The quantitative estimate of drug-likeness (QED) is 0.474. The van der Waals surface area contributed by atoms with Crippen LogP contribution in [0.4, 0.5) is 13.2 Å². The van der Waals surface area contributed by atoms with Crippen molar-refractivity contribution >= 4 is 5.97 Å². The van der Waals surface area contributed by atoms with Crippen LogP contribution in [0.25, 0.3) is 0 Å². The van der Waals surface area contributed by atoms with Crippen LogP contribution in [0.2, 0.25) is 0 Å². The van der Waals surface area contributed by atoms with E-state index in [1.54, 1.807) is 6.07 Å². The predicted molar refractivity (Wildman–Crippen MR) is 77.5 cm³/mol. The number of carbonyl (C=O) groups is 1. The first-order valence-electron chi connectivity index (χ1n) is 7.01. The van der Waals surface area contributed by atoms with Crippen LogP contribution in [0.15, 0.2) is 48.5 Å². The zero-order chi connectivity index (χ0) is 17.6. The van der Waals surface area contributed by atoms with Crippen molar-refractivity contribution in [1.82, 2.24) is 0 Å². The molecule has 2 aromatic carbocycles. The van der Waals surface area contributed by atoms with Crippen LogP contribution in [0.1, 0.15) is 5.56 Å². The third-order valence-corrected chi connectivity index (χ3v) is 6.01. The molecule has 0 heterocycles. The maximum absolute atomic E-state index is 12.2. The zero-order valence-corrected chi connectivity index (χ0v) is 14.9. The van der Waals surface area contributed by atoms with Gasteiger partial charge in [-0.2, -0.15) is 13.2 Å². The number of rotatable bonds is 6. The van der Waals surface area contributed by atoms with Crippen molar-refractivity contribution < 1.29 is 48.6 Å². The molecule has 0 aliphatic heterocycles. The van der Waals surface area contributed by atoms with Gasteiger partial charge < -0.3 is 9.47 Å². The Morgan fingerprint density at radius 3 is 2.46 bits per heavy atom. The highest BCUT2D eigenvalue weighted by atomic mass is 127. The van der Waals surface area contributed by atoms with E-state index in [1.165, 1.54) is 10.7 Å². The Balaban J connectivity index is 2.10. The molecular formula is C17H15F3IO3+. The first-order chi connectivity index (χ1) is 11.4. The van der Waals surface area contributed by atoms with Gasteiger partial charge in [-0.1, -0.05) is 18.2 Å². The number of carbonyl (C=O) groups excluding carboxylic acids is 1. The zero-order valence-electron chi connectivity index (χ0n) is 12.8. The molecule has 128 valence electrons. The van der Waals surface area contributed by atoms with Crippen molar-refractivity contribution in [1.29, 1.82) is 0 Å². The second-order valence-electron chi connectivity index (χ2n) is 4.73. The molecule has 2 rings (SSSR count). The number of hydrogen-bond acceptors (Lipinski definition) is 3. The van der Waals surface area contributed by atoms with Gasteiger partial charge in [-0.15, -0.1) is 0 Å². The monoisotopic (exact) mass is 451 g/mol. The Hall–Kier alpha value is -1.77. The summed E-state index contributed by atoms with van der Waals surface area (Å²) in [5.74, 6) is -1.54. The second kappa shape index (κ2) is 8.36. The van der Waals surface area contributed by atoms with Crippen LogP contribution in [0, 0.1) is 7.14 Å². The number of esters is 1. The molecule has 0 N–H and O–H groups in total. The summed E-state index contributed by atoms with van der Waals surface area (Å²) in [6.07, 6.45) is -4.75. The molecular weight excluding hydrogens is 436 g/mol. The summed E-state index contributed by atoms with van der Waals surface area (Å²) in [4.78, 5) is 10.8. The fourth-order valence-electron chi connectivity index (χ4n) is 1.89. The van der Waals surface area contributed by atoms with Crippen LogP contribution >= 0.6 is 0 Å². The fraction of sp³-hybridized carbons (Fsp3) is 0.235. The average molecular weight is 451 g/mol. The van der Waals surface area contributed by atoms with Gasteiger partial charge in [0.25, 0.3) is 0 Å². The second-order valence-corrected chi connectivity index (χ2v) is 7.68. The fourth-order valence-corrected chi connectivity index (χ4v) is 4.47. The molecule has 0 saturated carbocycles. The molecule has 2 aromatic rings. The van der Waals surface area contributed by atoms with Crippen LogP contribution in [-0.2, 0) is 16.0 Å². The van der Waals surface area contributed by atoms with E-state index in [1.807, 2.05) is 42.5 Å².